The molecule has 2 aromatic carbocycles. The molecule has 1 unspecified atom stereocenters. The Balaban J connectivity index is 1.37. The van der Waals surface area contributed by atoms with E-state index in [0.29, 0.717) is 12.5 Å². The highest BCUT2D eigenvalue weighted by Gasteiger charge is 2.23. The second kappa shape index (κ2) is 8.07. The second-order valence-corrected chi connectivity index (χ2v) is 7.59. The van der Waals surface area contributed by atoms with Crippen LogP contribution in [0, 0.1) is 12.8 Å². The molecule has 2 heterocycles. The van der Waals surface area contributed by atoms with Gasteiger partial charge in [-0.05, 0) is 55.2 Å². The highest BCUT2D eigenvalue weighted by atomic mass is 16.5. The zero-order valence-electron chi connectivity index (χ0n) is 16.5. The molecule has 5 heteroatoms. The van der Waals surface area contributed by atoms with E-state index in [1.165, 1.54) is 17.7 Å². The van der Waals surface area contributed by atoms with Gasteiger partial charge in [0, 0.05) is 48.3 Å². The molecule has 0 saturated carbocycles. The molecule has 1 atom stereocenters. The van der Waals surface area contributed by atoms with Crippen LogP contribution in [0.3, 0.4) is 0 Å². The number of hydrogen-bond donors (Lipinski definition) is 2. The van der Waals surface area contributed by atoms with E-state index in [2.05, 4.69) is 46.4 Å². The first-order chi connectivity index (χ1) is 13.6. The van der Waals surface area contributed by atoms with Crippen LogP contribution in [0.25, 0.3) is 10.9 Å². The number of benzene rings is 2. The van der Waals surface area contributed by atoms with Crippen LogP contribution in [0.2, 0.25) is 0 Å². The first kappa shape index (κ1) is 18.6. The predicted molar refractivity (Wildman–Crippen MR) is 114 cm³/mol. The number of ether oxygens (including phenoxy) is 1. The maximum absolute atomic E-state index is 12.4. The third-order valence-corrected chi connectivity index (χ3v) is 5.62. The zero-order chi connectivity index (χ0) is 19.5. The molecule has 4 rings (SSSR count). The Morgan fingerprint density at radius 3 is 2.89 bits per heavy atom. The van der Waals surface area contributed by atoms with Crippen molar-refractivity contribution in [2.75, 3.05) is 31.6 Å². The van der Waals surface area contributed by atoms with Gasteiger partial charge in [0.25, 0.3) is 5.56 Å². The predicted octanol–water partition coefficient (Wildman–Crippen LogP) is 3.46. The quantitative estimate of drug-likeness (QED) is 0.691. The smallest absolute Gasteiger partial charge is 0.252 e. The Morgan fingerprint density at radius 2 is 2.07 bits per heavy atom. The fourth-order valence-electron chi connectivity index (χ4n) is 4.04. The molecule has 5 nitrogen and oxygen atoms in total. The number of methoxy groups -OCH3 is 1. The van der Waals surface area contributed by atoms with E-state index in [1.54, 1.807) is 7.11 Å². The van der Waals surface area contributed by atoms with Crippen LogP contribution >= 0.6 is 0 Å². The number of aryl methyl sites for hydroxylation is 1. The minimum absolute atomic E-state index is 0.0295. The van der Waals surface area contributed by atoms with Crippen LogP contribution in [-0.2, 0) is 6.54 Å². The van der Waals surface area contributed by atoms with Crippen LogP contribution in [0.5, 0.6) is 5.75 Å². The molecule has 1 aliphatic heterocycles. The van der Waals surface area contributed by atoms with E-state index in [4.69, 9.17) is 4.74 Å². The number of H-pyrrole nitrogens is 1. The lowest BCUT2D eigenvalue weighted by molar-refractivity contribution is 0.415. The van der Waals surface area contributed by atoms with Crippen LogP contribution < -0.4 is 20.5 Å². The van der Waals surface area contributed by atoms with Gasteiger partial charge >= 0.3 is 0 Å². The Kier molecular flexibility index (Phi) is 5.35. The van der Waals surface area contributed by atoms with E-state index in [0.717, 1.165) is 41.9 Å². The van der Waals surface area contributed by atoms with Crippen molar-refractivity contribution in [1.82, 2.24) is 10.3 Å². The van der Waals surface area contributed by atoms with Gasteiger partial charge in [0.1, 0.15) is 5.75 Å². The molecule has 3 aromatic rings. The minimum atomic E-state index is -0.0295. The van der Waals surface area contributed by atoms with Gasteiger partial charge in [-0.3, -0.25) is 4.79 Å². The van der Waals surface area contributed by atoms with Crippen molar-refractivity contribution in [3.63, 3.8) is 0 Å². The second-order valence-electron chi connectivity index (χ2n) is 7.59. The van der Waals surface area contributed by atoms with Crippen molar-refractivity contribution in [2.45, 2.75) is 19.9 Å². The Labute approximate surface area is 165 Å². The Hall–Kier alpha value is -2.79. The highest BCUT2D eigenvalue weighted by Crippen LogP contribution is 2.26. The first-order valence-corrected chi connectivity index (χ1v) is 9.85. The maximum Gasteiger partial charge on any atom is 0.252 e. The van der Waals surface area contributed by atoms with E-state index >= 15 is 0 Å². The molecule has 1 aliphatic rings. The number of hydrogen-bond acceptors (Lipinski definition) is 4. The average molecular weight is 377 g/mol. The van der Waals surface area contributed by atoms with E-state index < -0.39 is 0 Å². The lowest BCUT2D eigenvalue weighted by atomic mass is 10.1. The molecule has 28 heavy (non-hydrogen) atoms. The third-order valence-electron chi connectivity index (χ3n) is 5.62. The summed E-state index contributed by atoms with van der Waals surface area (Å²) in [5.41, 5.74) is 4.23. The number of anilines is 1. The fourth-order valence-corrected chi connectivity index (χ4v) is 4.04. The highest BCUT2D eigenvalue weighted by molar-refractivity contribution is 5.80. The third kappa shape index (κ3) is 3.90. The van der Waals surface area contributed by atoms with E-state index in [1.807, 2.05) is 24.3 Å². The number of nitrogens with one attached hydrogen (secondary N) is 2. The lowest BCUT2D eigenvalue weighted by Gasteiger charge is -2.21. The van der Waals surface area contributed by atoms with Gasteiger partial charge in [-0.25, -0.2) is 0 Å². The molecular formula is C23H27N3O2. The van der Waals surface area contributed by atoms with Gasteiger partial charge < -0.3 is 19.9 Å². The number of aromatic amines is 1. The summed E-state index contributed by atoms with van der Waals surface area (Å²) >= 11 is 0. The van der Waals surface area contributed by atoms with Crippen LogP contribution in [0.15, 0.2) is 53.3 Å². The normalized spacial score (nSPS) is 16.6. The molecule has 1 saturated heterocycles. The molecule has 0 bridgehead atoms. The standard InChI is InChI=1S/C23H27N3O2/c1-16-5-3-4-6-22(16)26-10-9-17(15-26)13-24-14-19-11-18-12-20(28-2)7-8-21(18)25-23(19)27/h3-8,11-12,17,24H,9-10,13-15H2,1-2H3,(H,25,27). The molecule has 0 amide bonds. The fraction of sp³-hybridized carbons (Fsp3) is 0.348. The molecule has 1 aromatic heterocycles. The molecule has 1 fully saturated rings. The van der Waals surface area contributed by atoms with Gasteiger partial charge in [0.15, 0.2) is 0 Å². The minimum Gasteiger partial charge on any atom is -0.497 e. The summed E-state index contributed by atoms with van der Waals surface area (Å²) in [6, 6.07) is 16.2. The first-order valence-electron chi connectivity index (χ1n) is 9.85. The van der Waals surface area contributed by atoms with Crippen molar-refractivity contribution in [3.8, 4) is 5.75 Å². The molecule has 0 aliphatic carbocycles. The number of para-hydroxylation sites is 1. The van der Waals surface area contributed by atoms with E-state index in [9.17, 15) is 4.79 Å². The van der Waals surface area contributed by atoms with Crippen LogP contribution in [-0.4, -0.2) is 31.7 Å². The number of fused-ring (bicyclic) bond motifs is 1. The van der Waals surface area contributed by atoms with Gasteiger partial charge in [-0.2, -0.15) is 0 Å². The van der Waals surface area contributed by atoms with Crippen molar-refractivity contribution in [3.05, 3.63) is 70.0 Å². The Bertz CT molecular complexity index is 1030. The Morgan fingerprint density at radius 1 is 1.21 bits per heavy atom. The van der Waals surface area contributed by atoms with Gasteiger partial charge in [0.2, 0.25) is 0 Å². The molecule has 2 N–H and O–H groups in total. The molecule has 0 spiro atoms. The largest absolute Gasteiger partial charge is 0.497 e. The summed E-state index contributed by atoms with van der Waals surface area (Å²) in [4.78, 5) is 17.8. The summed E-state index contributed by atoms with van der Waals surface area (Å²) in [5.74, 6) is 1.39. The van der Waals surface area contributed by atoms with Crippen molar-refractivity contribution < 1.29 is 4.74 Å². The number of aromatic nitrogens is 1. The molecule has 0 radical (unpaired) electrons. The maximum atomic E-state index is 12.4. The SMILES string of the molecule is COc1ccc2[nH]c(=O)c(CNCC3CCN(c4ccccc4C)C3)cc2c1. The summed E-state index contributed by atoms with van der Waals surface area (Å²) in [6.07, 6.45) is 1.17. The van der Waals surface area contributed by atoms with E-state index in [-0.39, 0.29) is 5.56 Å². The number of rotatable bonds is 6. The average Bonchev–Trinajstić information content (AvgIpc) is 3.17. The van der Waals surface area contributed by atoms with Crippen LogP contribution in [0.1, 0.15) is 17.5 Å². The topological polar surface area (TPSA) is 57.4 Å². The number of nitrogens with zero attached hydrogens (tertiary/aromatic N) is 1. The van der Waals surface area contributed by atoms with Crippen molar-refractivity contribution in [2.24, 2.45) is 5.92 Å². The summed E-state index contributed by atoms with van der Waals surface area (Å²) in [5, 5.41) is 4.47. The van der Waals surface area contributed by atoms with Crippen molar-refractivity contribution >= 4 is 16.6 Å². The van der Waals surface area contributed by atoms with Crippen LogP contribution in [0.4, 0.5) is 5.69 Å². The summed E-state index contributed by atoms with van der Waals surface area (Å²) in [6.45, 7) is 5.81. The van der Waals surface area contributed by atoms with Crippen molar-refractivity contribution in [1.29, 1.82) is 0 Å². The van der Waals surface area contributed by atoms with Gasteiger partial charge in [-0.15, -0.1) is 0 Å². The number of pyridine rings is 1. The summed E-state index contributed by atoms with van der Waals surface area (Å²) < 4.78 is 5.28. The monoisotopic (exact) mass is 377 g/mol. The summed E-state index contributed by atoms with van der Waals surface area (Å²) in [7, 11) is 1.65. The molecular weight excluding hydrogens is 350 g/mol. The van der Waals surface area contributed by atoms with Gasteiger partial charge in [0.05, 0.1) is 7.11 Å². The lowest BCUT2D eigenvalue weighted by Crippen LogP contribution is -2.28. The molecule has 146 valence electrons. The van der Waals surface area contributed by atoms with Gasteiger partial charge in [-0.1, -0.05) is 18.2 Å². The zero-order valence-corrected chi connectivity index (χ0v) is 16.5.